The number of ketones is 1. The molecule has 0 saturated carbocycles. The van der Waals surface area contributed by atoms with Gasteiger partial charge in [0.1, 0.15) is 6.04 Å². The molecule has 0 spiro atoms. The molecule has 2 heteroatoms. The first kappa shape index (κ1) is 11.1. The van der Waals surface area contributed by atoms with E-state index in [1.165, 1.54) is 16.7 Å². The number of carbonyl (C=O) groups is 1. The normalized spacial score (nSPS) is 18.2. The van der Waals surface area contributed by atoms with Crippen molar-refractivity contribution in [1.82, 2.24) is 0 Å². The standard InChI is InChI=1S/C14H17NO/c1-9-4-5-12(8-10(9)2)6-7-13-14(15-13)11(3)16/h4-5,8,14H,6-7H2,1-3H3. The van der Waals surface area contributed by atoms with Gasteiger partial charge < -0.3 is 0 Å². The third-order valence-electron chi connectivity index (χ3n) is 3.17. The predicted molar refractivity (Wildman–Crippen MR) is 66.1 cm³/mol. The SMILES string of the molecule is CC(=O)C1N=C1CCc1ccc(C)c(C)c1. The molecule has 2 nitrogen and oxygen atoms in total. The lowest BCUT2D eigenvalue weighted by atomic mass is 10.0. The number of nitrogens with zero attached hydrogens (tertiary/aromatic N) is 1. The lowest BCUT2D eigenvalue weighted by molar-refractivity contribution is -0.116. The van der Waals surface area contributed by atoms with E-state index in [-0.39, 0.29) is 11.8 Å². The van der Waals surface area contributed by atoms with Gasteiger partial charge in [0.25, 0.3) is 0 Å². The molecule has 0 fully saturated rings. The highest BCUT2D eigenvalue weighted by molar-refractivity contribution is 6.17. The second kappa shape index (κ2) is 4.20. The summed E-state index contributed by atoms with van der Waals surface area (Å²) in [7, 11) is 0. The summed E-state index contributed by atoms with van der Waals surface area (Å²) in [6.07, 6.45) is 1.91. The molecule has 0 aliphatic carbocycles. The molecule has 1 aliphatic rings. The molecule has 0 amide bonds. The van der Waals surface area contributed by atoms with E-state index in [4.69, 9.17) is 0 Å². The highest BCUT2D eigenvalue weighted by Crippen LogP contribution is 2.19. The first-order chi connectivity index (χ1) is 7.58. The van der Waals surface area contributed by atoms with E-state index in [2.05, 4.69) is 37.0 Å². The zero-order valence-corrected chi connectivity index (χ0v) is 10.1. The second-order valence-electron chi connectivity index (χ2n) is 4.55. The van der Waals surface area contributed by atoms with E-state index in [0.717, 1.165) is 18.6 Å². The topological polar surface area (TPSA) is 29.4 Å². The van der Waals surface area contributed by atoms with Crippen LogP contribution in [0.1, 0.15) is 30.0 Å². The Labute approximate surface area is 96.4 Å². The van der Waals surface area contributed by atoms with Gasteiger partial charge in [0.2, 0.25) is 0 Å². The van der Waals surface area contributed by atoms with Gasteiger partial charge in [-0.2, -0.15) is 0 Å². The van der Waals surface area contributed by atoms with Gasteiger partial charge in [-0.3, -0.25) is 9.79 Å². The predicted octanol–water partition coefficient (Wildman–Crippen LogP) is 2.65. The number of rotatable bonds is 4. The van der Waals surface area contributed by atoms with Crippen molar-refractivity contribution in [3.05, 3.63) is 34.9 Å². The van der Waals surface area contributed by atoms with Crippen LogP contribution in [0.3, 0.4) is 0 Å². The van der Waals surface area contributed by atoms with E-state index < -0.39 is 0 Å². The van der Waals surface area contributed by atoms with Crippen LogP contribution in [0, 0.1) is 13.8 Å². The highest BCUT2D eigenvalue weighted by Gasteiger charge is 2.30. The first-order valence-electron chi connectivity index (χ1n) is 5.71. The zero-order valence-electron chi connectivity index (χ0n) is 10.1. The molecule has 0 aromatic heterocycles. The van der Waals surface area contributed by atoms with Crippen LogP contribution in [0.5, 0.6) is 0 Å². The Balaban J connectivity index is 1.89. The Hall–Kier alpha value is -1.44. The molecular formula is C14H17NO. The fourth-order valence-corrected chi connectivity index (χ4v) is 1.89. The average molecular weight is 215 g/mol. The van der Waals surface area contributed by atoms with Gasteiger partial charge in [0.15, 0.2) is 5.78 Å². The molecule has 84 valence electrons. The molecule has 16 heavy (non-hydrogen) atoms. The van der Waals surface area contributed by atoms with Crippen molar-refractivity contribution in [2.24, 2.45) is 4.99 Å². The van der Waals surface area contributed by atoms with E-state index in [0.29, 0.717) is 0 Å². The summed E-state index contributed by atoms with van der Waals surface area (Å²) < 4.78 is 0. The highest BCUT2D eigenvalue weighted by atomic mass is 16.1. The minimum absolute atomic E-state index is 0.0773. The molecular weight excluding hydrogens is 198 g/mol. The van der Waals surface area contributed by atoms with Gasteiger partial charge >= 0.3 is 0 Å². The van der Waals surface area contributed by atoms with Crippen molar-refractivity contribution in [3.63, 3.8) is 0 Å². The number of aliphatic imine (C=N–C) groups is 1. The van der Waals surface area contributed by atoms with Gasteiger partial charge in [-0.15, -0.1) is 0 Å². The summed E-state index contributed by atoms with van der Waals surface area (Å²) in [5.41, 5.74) is 5.07. The van der Waals surface area contributed by atoms with Gasteiger partial charge in [-0.1, -0.05) is 18.2 Å². The Morgan fingerprint density at radius 3 is 2.56 bits per heavy atom. The molecule has 1 aromatic carbocycles. The van der Waals surface area contributed by atoms with Crippen LogP contribution in [0.25, 0.3) is 0 Å². The van der Waals surface area contributed by atoms with Crippen molar-refractivity contribution < 1.29 is 4.79 Å². The lowest BCUT2D eigenvalue weighted by Crippen LogP contribution is -2.08. The summed E-state index contributed by atoms with van der Waals surface area (Å²) >= 11 is 0. The van der Waals surface area contributed by atoms with Crippen LogP contribution in [0.4, 0.5) is 0 Å². The van der Waals surface area contributed by atoms with Gasteiger partial charge in [0.05, 0.1) is 0 Å². The third kappa shape index (κ3) is 2.38. The number of carbonyl (C=O) groups excluding carboxylic acids is 1. The second-order valence-corrected chi connectivity index (χ2v) is 4.55. The number of hydrogen-bond acceptors (Lipinski definition) is 2. The Morgan fingerprint density at radius 2 is 2.00 bits per heavy atom. The Kier molecular flexibility index (Phi) is 2.90. The van der Waals surface area contributed by atoms with Gasteiger partial charge in [0, 0.05) is 5.71 Å². The minimum atomic E-state index is -0.0773. The first-order valence-corrected chi connectivity index (χ1v) is 5.71. The number of Topliss-reactive ketones (excluding diaryl/α,β-unsaturated/α-hetero) is 1. The van der Waals surface area contributed by atoms with E-state index in [1.54, 1.807) is 6.92 Å². The van der Waals surface area contributed by atoms with Crippen molar-refractivity contribution in [2.75, 3.05) is 0 Å². The monoisotopic (exact) mass is 215 g/mol. The van der Waals surface area contributed by atoms with Crippen molar-refractivity contribution in [2.45, 2.75) is 39.7 Å². The number of hydrogen-bond donors (Lipinski definition) is 0. The molecule has 1 aromatic rings. The Bertz CT molecular complexity index is 460. The van der Waals surface area contributed by atoms with E-state index >= 15 is 0 Å². The smallest absolute Gasteiger partial charge is 0.159 e. The summed E-state index contributed by atoms with van der Waals surface area (Å²) in [4.78, 5) is 15.2. The summed E-state index contributed by atoms with van der Waals surface area (Å²) in [5.74, 6) is 0.176. The summed E-state index contributed by atoms with van der Waals surface area (Å²) in [6.45, 7) is 5.86. The molecule has 0 N–H and O–H groups in total. The van der Waals surface area contributed by atoms with Crippen LogP contribution < -0.4 is 0 Å². The fraction of sp³-hybridized carbons (Fsp3) is 0.429. The zero-order chi connectivity index (χ0) is 11.7. The van der Waals surface area contributed by atoms with Crippen LogP contribution in [-0.2, 0) is 11.2 Å². The average Bonchev–Trinajstić information content (AvgIpc) is 2.99. The van der Waals surface area contributed by atoms with Crippen molar-refractivity contribution >= 4 is 11.5 Å². The quantitative estimate of drug-likeness (QED) is 0.759. The van der Waals surface area contributed by atoms with Crippen molar-refractivity contribution in [1.29, 1.82) is 0 Å². The van der Waals surface area contributed by atoms with Crippen LogP contribution in [0.15, 0.2) is 23.2 Å². The van der Waals surface area contributed by atoms with Gasteiger partial charge in [-0.05, 0) is 50.3 Å². The maximum atomic E-state index is 11.0. The summed E-state index contributed by atoms with van der Waals surface area (Å²) in [5, 5.41) is 0. The number of benzene rings is 1. The molecule has 0 bridgehead atoms. The third-order valence-corrected chi connectivity index (χ3v) is 3.17. The molecule has 2 rings (SSSR count). The van der Waals surface area contributed by atoms with Crippen LogP contribution in [0.2, 0.25) is 0 Å². The van der Waals surface area contributed by atoms with Crippen molar-refractivity contribution in [3.8, 4) is 0 Å². The van der Waals surface area contributed by atoms with E-state index in [1.807, 2.05) is 0 Å². The molecule has 0 saturated heterocycles. The van der Waals surface area contributed by atoms with E-state index in [9.17, 15) is 4.79 Å². The largest absolute Gasteiger partial charge is 0.297 e. The maximum absolute atomic E-state index is 11.0. The molecule has 1 unspecified atom stereocenters. The molecule has 1 atom stereocenters. The molecule has 0 radical (unpaired) electrons. The fourth-order valence-electron chi connectivity index (χ4n) is 1.89. The summed E-state index contributed by atoms with van der Waals surface area (Å²) in [6, 6.07) is 6.46. The molecule has 1 heterocycles. The van der Waals surface area contributed by atoms with Crippen LogP contribution in [-0.4, -0.2) is 17.5 Å². The lowest BCUT2D eigenvalue weighted by Gasteiger charge is -2.03. The molecule has 1 aliphatic heterocycles. The number of aryl methyl sites for hydroxylation is 3. The van der Waals surface area contributed by atoms with Gasteiger partial charge in [-0.25, -0.2) is 0 Å². The maximum Gasteiger partial charge on any atom is 0.159 e. The van der Waals surface area contributed by atoms with Crippen LogP contribution >= 0.6 is 0 Å². The minimum Gasteiger partial charge on any atom is -0.297 e. The Morgan fingerprint density at radius 1 is 1.25 bits per heavy atom.